The zero-order valence-electron chi connectivity index (χ0n) is 21.6. The largest absolute Gasteiger partial charge is 0.287 e. The first-order chi connectivity index (χ1) is 16.0. The molecule has 0 fully saturated rings. The Kier molecular flexibility index (Phi) is 13.6. The van der Waals surface area contributed by atoms with Crippen LogP contribution in [0.5, 0.6) is 0 Å². The number of hydrogen-bond acceptors (Lipinski definition) is 4. The Balaban J connectivity index is 3.22. The van der Waals surface area contributed by atoms with Gasteiger partial charge in [-0.1, -0.05) is 60.8 Å². The standard InChI is InChI=1S/C27H41F2NO3S/c1-7-18(4)10-13-25(31)30(26(32)14-11-19(5)8-2)23-17-24(22(29)16-21(23)28)34-27(33)15-12-20(6)9-3/h16-20H,7-15H2,1-6H3. The number of hydrogen-bond donors (Lipinski definition) is 0. The van der Waals surface area contributed by atoms with Gasteiger partial charge in [0.15, 0.2) is 5.12 Å². The lowest BCUT2D eigenvalue weighted by Crippen LogP contribution is -2.38. The van der Waals surface area contributed by atoms with E-state index in [1.54, 1.807) is 0 Å². The van der Waals surface area contributed by atoms with Crippen LogP contribution in [-0.2, 0) is 14.4 Å². The molecule has 2 amide bonds. The van der Waals surface area contributed by atoms with E-state index in [0.29, 0.717) is 43.0 Å². The zero-order chi connectivity index (χ0) is 25.8. The minimum Gasteiger partial charge on any atom is -0.287 e. The monoisotopic (exact) mass is 497 g/mol. The van der Waals surface area contributed by atoms with Gasteiger partial charge in [-0.05, 0) is 54.8 Å². The van der Waals surface area contributed by atoms with Crippen LogP contribution in [0.15, 0.2) is 17.0 Å². The van der Waals surface area contributed by atoms with Crippen molar-refractivity contribution in [3.8, 4) is 0 Å². The number of rotatable bonds is 14. The number of nitrogens with zero attached hydrogens (tertiary/aromatic N) is 1. The predicted octanol–water partition coefficient (Wildman–Crippen LogP) is 7.92. The lowest BCUT2D eigenvalue weighted by atomic mass is 10.0. The fourth-order valence-electron chi connectivity index (χ4n) is 3.29. The van der Waals surface area contributed by atoms with Gasteiger partial charge in [0, 0.05) is 25.3 Å². The molecular formula is C27H41F2NO3S. The number of imide groups is 1. The van der Waals surface area contributed by atoms with E-state index < -0.39 is 23.4 Å². The fourth-order valence-corrected chi connectivity index (χ4v) is 4.08. The van der Waals surface area contributed by atoms with Crippen LogP contribution in [0.1, 0.15) is 99.3 Å². The van der Waals surface area contributed by atoms with Crippen LogP contribution in [0.4, 0.5) is 14.5 Å². The summed E-state index contributed by atoms with van der Waals surface area (Å²) in [5.41, 5.74) is -0.276. The van der Waals surface area contributed by atoms with Crippen molar-refractivity contribution in [3.05, 3.63) is 23.8 Å². The van der Waals surface area contributed by atoms with E-state index >= 15 is 0 Å². The molecule has 34 heavy (non-hydrogen) atoms. The Morgan fingerprint density at radius 2 is 1.21 bits per heavy atom. The summed E-state index contributed by atoms with van der Waals surface area (Å²) in [5.74, 6) is -1.91. The van der Waals surface area contributed by atoms with E-state index in [0.717, 1.165) is 30.2 Å². The topological polar surface area (TPSA) is 54.5 Å². The van der Waals surface area contributed by atoms with E-state index in [-0.39, 0.29) is 46.8 Å². The maximum atomic E-state index is 14.9. The first-order valence-corrected chi connectivity index (χ1v) is 13.4. The quantitative estimate of drug-likeness (QED) is 0.245. The minimum atomic E-state index is -0.984. The Hall–Kier alpha value is -1.76. The van der Waals surface area contributed by atoms with Gasteiger partial charge >= 0.3 is 0 Å². The van der Waals surface area contributed by atoms with E-state index in [1.165, 1.54) is 0 Å². The Morgan fingerprint density at radius 1 is 0.765 bits per heavy atom. The Labute approximate surface area is 208 Å². The average Bonchev–Trinajstić information content (AvgIpc) is 2.81. The van der Waals surface area contributed by atoms with Gasteiger partial charge in [0.05, 0.1) is 10.6 Å². The van der Waals surface area contributed by atoms with Crippen molar-refractivity contribution in [1.29, 1.82) is 0 Å². The van der Waals surface area contributed by atoms with Gasteiger partial charge in [0.1, 0.15) is 11.6 Å². The summed E-state index contributed by atoms with van der Waals surface area (Å²) in [7, 11) is 0. The molecule has 1 aromatic carbocycles. The number of halogens is 2. The van der Waals surface area contributed by atoms with Crippen molar-refractivity contribution in [1.82, 2.24) is 0 Å². The highest BCUT2D eigenvalue weighted by atomic mass is 32.2. The molecule has 0 aromatic heterocycles. The van der Waals surface area contributed by atoms with E-state index in [9.17, 15) is 23.2 Å². The summed E-state index contributed by atoms with van der Waals surface area (Å²) >= 11 is 0.700. The molecule has 0 aliphatic heterocycles. The van der Waals surface area contributed by atoms with Gasteiger partial charge in [0.25, 0.3) is 0 Å². The van der Waals surface area contributed by atoms with Crippen molar-refractivity contribution in [2.75, 3.05) is 4.90 Å². The normalized spacial score (nSPS) is 13.9. The lowest BCUT2D eigenvalue weighted by Gasteiger charge is -2.23. The van der Waals surface area contributed by atoms with Gasteiger partial charge < -0.3 is 0 Å². The SMILES string of the molecule is CCC(C)CCC(=O)Sc1cc(N(C(=O)CCC(C)CC)C(=O)CCC(C)CC)c(F)cc1F. The number of thioether (sulfide) groups is 1. The van der Waals surface area contributed by atoms with Crippen LogP contribution in [-0.4, -0.2) is 16.9 Å². The van der Waals surface area contributed by atoms with Crippen LogP contribution in [0, 0.1) is 29.4 Å². The molecule has 0 bridgehead atoms. The van der Waals surface area contributed by atoms with Crippen molar-refractivity contribution in [2.45, 2.75) is 104 Å². The van der Waals surface area contributed by atoms with Crippen molar-refractivity contribution in [3.63, 3.8) is 0 Å². The Bertz CT molecular complexity index is 804. The molecular weight excluding hydrogens is 456 g/mol. The summed E-state index contributed by atoms with van der Waals surface area (Å²) < 4.78 is 29.4. The number of carbonyl (C=O) groups excluding carboxylic acids is 3. The van der Waals surface area contributed by atoms with Gasteiger partial charge in [0.2, 0.25) is 11.8 Å². The van der Waals surface area contributed by atoms with E-state index in [1.807, 2.05) is 41.5 Å². The molecule has 0 saturated heterocycles. The van der Waals surface area contributed by atoms with Crippen LogP contribution < -0.4 is 4.90 Å². The van der Waals surface area contributed by atoms with Gasteiger partial charge in [-0.2, -0.15) is 0 Å². The average molecular weight is 498 g/mol. The maximum Gasteiger partial charge on any atom is 0.233 e. The molecule has 3 atom stereocenters. The second-order valence-electron chi connectivity index (χ2n) is 9.49. The molecule has 3 unspecified atom stereocenters. The Morgan fingerprint density at radius 3 is 1.65 bits per heavy atom. The number of benzene rings is 1. The molecule has 0 saturated carbocycles. The molecule has 0 heterocycles. The third-order valence-electron chi connectivity index (χ3n) is 6.60. The van der Waals surface area contributed by atoms with E-state index in [4.69, 9.17) is 0 Å². The smallest absolute Gasteiger partial charge is 0.233 e. The first kappa shape index (κ1) is 30.3. The third kappa shape index (κ3) is 9.85. The number of carbonyl (C=O) groups is 3. The van der Waals surface area contributed by atoms with Gasteiger partial charge in [-0.3, -0.25) is 14.4 Å². The minimum absolute atomic E-state index is 0.0694. The lowest BCUT2D eigenvalue weighted by molar-refractivity contribution is -0.127. The summed E-state index contributed by atoms with van der Waals surface area (Å²) in [4.78, 5) is 39.3. The zero-order valence-corrected chi connectivity index (χ0v) is 22.4. The number of amides is 2. The predicted molar refractivity (Wildman–Crippen MR) is 136 cm³/mol. The molecule has 0 aliphatic carbocycles. The molecule has 192 valence electrons. The molecule has 0 radical (unpaired) electrons. The number of anilines is 1. The van der Waals surface area contributed by atoms with Crippen LogP contribution in [0.25, 0.3) is 0 Å². The highest BCUT2D eigenvalue weighted by Gasteiger charge is 2.28. The highest BCUT2D eigenvalue weighted by Crippen LogP contribution is 2.33. The van der Waals surface area contributed by atoms with Gasteiger partial charge in [-0.15, -0.1) is 0 Å². The summed E-state index contributed by atoms with van der Waals surface area (Å²) in [6, 6.07) is 1.80. The summed E-state index contributed by atoms with van der Waals surface area (Å²) in [6.45, 7) is 12.2. The molecule has 4 nitrogen and oxygen atoms in total. The van der Waals surface area contributed by atoms with Crippen LogP contribution in [0.2, 0.25) is 0 Å². The van der Waals surface area contributed by atoms with Crippen LogP contribution >= 0.6 is 11.8 Å². The van der Waals surface area contributed by atoms with Crippen molar-refractivity contribution >= 4 is 34.4 Å². The maximum absolute atomic E-state index is 14.9. The highest BCUT2D eigenvalue weighted by molar-refractivity contribution is 8.13. The van der Waals surface area contributed by atoms with Crippen molar-refractivity contribution < 1.29 is 23.2 Å². The second kappa shape index (κ2) is 15.3. The molecule has 0 spiro atoms. The summed E-state index contributed by atoms with van der Waals surface area (Å²) in [5, 5.41) is -0.227. The third-order valence-corrected chi connectivity index (χ3v) is 7.56. The second-order valence-corrected chi connectivity index (χ2v) is 10.6. The summed E-state index contributed by atoms with van der Waals surface area (Å²) in [6.07, 6.45) is 5.02. The van der Waals surface area contributed by atoms with Crippen LogP contribution in [0.3, 0.4) is 0 Å². The van der Waals surface area contributed by atoms with Crippen molar-refractivity contribution in [2.24, 2.45) is 17.8 Å². The van der Waals surface area contributed by atoms with Gasteiger partial charge in [-0.25, -0.2) is 13.7 Å². The molecule has 1 aromatic rings. The molecule has 0 N–H and O–H groups in total. The molecule has 0 aliphatic rings. The fraction of sp³-hybridized carbons (Fsp3) is 0.667. The first-order valence-electron chi connectivity index (χ1n) is 12.6. The molecule has 7 heteroatoms. The van der Waals surface area contributed by atoms with E-state index in [2.05, 4.69) is 0 Å². The molecule has 1 rings (SSSR count).